The third kappa shape index (κ3) is 5.25. The SMILES string of the molecule is CCCCCCCCOc1c(OC(C)=O)c(=O)n(C)c2cc(OC)ccc12. The molecular formula is C21H29NO5. The summed E-state index contributed by atoms with van der Waals surface area (Å²) in [5.74, 6) is 0.345. The summed E-state index contributed by atoms with van der Waals surface area (Å²) in [6.07, 6.45) is 6.81. The standard InChI is InChI=1S/C21H29NO5/c1-5-6-7-8-9-10-13-26-19-17-12-11-16(25-4)14-18(17)22(3)21(24)20(19)27-15(2)23/h11-12,14H,5-10,13H2,1-4H3. The normalized spacial score (nSPS) is 10.8. The third-order valence-corrected chi connectivity index (χ3v) is 4.51. The molecule has 0 atom stereocenters. The first-order valence-electron chi connectivity index (χ1n) is 9.51. The highest BCUT2D eigenvalue weighted by molar-refractivity contribution is 5.89. The number of hydrogen-bond donors (Lipinski definition) is 0. The zero-order chi connectivity index (χ0) is 19.8. The molecular weight excluding hydrogens is 346 g/mol. The molecule has 2 rings (SSSR count). The van der Waals surface area contributed by atoms with E-state index in [2.05, 4.69) is 6.92 Å². The summed E-state index contributed by atoms with van der Waals surface area (Å²) in [5.41, 5.74) is 0.247. The van der Waals surface area contributed by atoms with Gasteiger partial charge in [-0.05, 0) is 18.6 Å². The minimum Gasteiger partial charge on any atom is -0.497 e. The van der Waals surface area contributed by atoms with Crippen molar-refractivity contribution in [3.8, 4) is 17.2 Å². The first-order valence-corrected chi connectivity index (χ1v) is 9.51. The number of unbranched alkanes of at least 4 members (excludes halogenated alkanes) is 5. The van der Waals surface area contributed by atoms with Crippen molar-refractivity contribution in [2.45, 2.75) is 52.4 Å². The topological polar surface area (TPSA) is 66.8 Å². The Morgan fingerprint density at radius 3 is 2.44 bits per heavy atom. The van der Waals surface area contributed by atoms with Gasteiger partial charge >= 0.3 is 5.97 Å². The van der Waals surface area contributed by atoms with E-state index in [9.17, 15) is 9.59 Å². The molecule has 6 nitrogen and oxygen atoms in total. The molecule has 0 radical (unpaired) electrons. The van der Waals surface area contributed by atoms with Crippen LogP contribution in [-0.2, 0) is 11.8 Å². The van der Waals surface area contributed by atoms with Crippen molar-refractivity contribution < 1.29 is 19.0 Å². The van der Waals surface area contributed by atoms with E-state index in [0.29, 0.717) is 29.0 Å². The van der Waals surface area contributed by atoms with Crippen molar-refractivity contribution in [1.29, 1.82) is 0 Å². The summed E-state index contributed by atoms with van der Waals surface area (Å²) < 4.78 is 17.8. The van der Waals surface area contributed by atoms with Gasteiger partial charge in [0.05, 0.1) is 19.2 Å². The third-order valence-electron chi connectivity index (χ3n) is 4.51. The van der Waals surface area contributed by atoms with Gasteiger partial charge < -0.3 is 18.8 Å². The van der Waals surface area contributed by atoms with E-state index >= 15 is 0 Å². The maximum Gasteiger partial charge on any atom is 0.308 e. The van der Waals surface area contributed by atoms with Gasteiger partial charge in [-0.1, -0.05) is 39.0 Å². The molecule has 1 aromatic carbocycles. The van der Waals surface area contributed by atoms with E-state index in [1.807, 2.05) is 6.07 Å². The Balaban J connectivity index is 2.31. The number of benzene rings is 1. The fourth-order valence-electron chi connectivity index (χ4n) is 3.02. The lowest BCUT2D eigenvalue weighted by Gasteiger charge is -2.16. The van der Waals surface area contributed by atoms with Gasteiger partial charge in [-0.25, -0.2) is 0 Å². The van der Waals surface area contributed by atoms with Crippen LogP contribution in [0.15, 0.2) is 23.0 Å². The molecule has 2 aromatic rings. The molecule has 0 saturated heterocycles. The molecule has 1 aromatic heterocycles. The molecule has 0 saturated carbocycles. The number of methoxy groups -OCH3 is 1. The minimum absolute atomic E-state index is 0.0614. The molecule has 0 aliphatic heterocycles. The Morgan fingerprint density at radius 2 is 1.78 bits per heavy atom. The zero-order valence-electron chi connectivity index (χ0n) is 16.7. The number of aryl methyl sites for hydroxylation is 1. The number of esters is 1. The maximum atomic E-state index is 12.7. The van der Waals surface area contributed by atoms with Crippen LogP contribution in [0.3, 0.4) is 0 Å². The van der Waals surface area contributed by atoms with Crippen LogP contribution >= 0.6 is 0 Å². The lowest BCUT2D eigenvalue weighted by Crippen LogP contribution is -2.22. The summed E-state index contributed by atoms with van der Waals surface area (Å²) in [6.45, 7) is 3.93. The molecule has 0 unspecified atom stereocenters. The van der Waals surface area contributed by atoms with Gasteiger partial charge in [0.15, 0.2) is 5.75 Å². The van der Waals surface area contributed by atoms with E-state index in [-0.39, 0.29) is 5.75 Å². The van der Waals surface area contributed by atoms with Crippen LogP contribution in [0.5, 0.6) is 17.2 Å². The number of fused-ring (bicyclic) bond motifs is 1. The molecule has 1 heterocycles. The van der Waals surface area contributed by atoms with Crippen LogP contribution in [0.1, 0.15) is 52.4 Å². The van der Waals surface area contributed by atoms with Crippen LogP contribution in [0.4, 0.5) is 0 Å². The number of ether oxygens (including phenoxy) is 3. The molecule has 27 heavy (non-hydrogen) atoms. The summed E-state index contributed by atoms with van der Waals surface area (Å²) in [5, 5.41) is 0.708. The van der Waals surface area contributed by atoms with Gasteiger partial charge in [0.25, 0.3) is 5.56 Å². The van der Waals surface area contributed by atoms with Crippen molar-refractivity contribution in [3.05, 3.63) is 28.6 Å². The predicted octanol–water partition coefficient (Wildman–Crippen LogP) is 4.21. The molecule has 0 aliphatic carbocycles. The molecule has 6 heteroatoms. The molecule has 0 aliphatic rings. The predicted molar refractivity (Wildman–Crippen MR) is 106 cm³/mol. The van der Waals surface area contributed by atoms with Crippen LogP contribution in [0, 0.1) is 0 Å². The molecule has 0 N–H and O–H groups in total. The highest BCUT2D eigenvalue weighted by atomic mass is 16.6. The number of rotatable bonds is 10. The first kappa shape index (κ1) is 20.8. The van der Waals surface area contributed by atoms with Crippen LogP contribution < -0.4 is 19.8 Å². The van der Waals surface area contributed by atoms with E-state index in [0.717, 1.165) is 12.8 Å². The number of nitrogens with zero attached hydrogens (tertiary/aromatic N) is 1. The second kappa shape index (κ2) is 10.00. The number of carbonyl (C=O) groups excluding carboxylic acids is 1. The Hall–Kier alpha value is -2.50. The largest absolute Gasteiger partial charge is 0.497 e. The van der Waals surface area contributed by atoms with Crippen LogP contribution in [0.2, 0.25) is 0 Å². The van der Waals surface area contributed by atoms with Crippen LogP contribution in [0.25, 0.3) is 10.9 Å². The summed E-state index contributed by atoms with van der Waals surface area (Å²) in [4.78, 5) is 24.2. The Kier molecular flexibility index (Phi) is 7.70. The Bertz CT molecular complexity index is 841. The zero-order valence-corrected chi connectivity index (χ0v) is 16.7. The summed E-state index contributed by atoms with van der Waals surface area (Å²) in [7, 11) is 3.21. The van der Waals surface area contributed by atoms with Gasteiger partial charge in [0.2, 0.25) is 5.75 Å². The van der Waals surface area contributed by atoms with Crippen LogP contribution in [-0.4, -0.2) is 24.3 Å². The number of aromatic nitrogens is 1. The first-order chi connectivity index (χ1) is 13.0. The fraction of sp³-hybridized carbons (Fsp3) is 0.524. The molecule has 0 spiro atoms. The van der Waals surface area contributed by atoms with Crippen molar-refractivity contribution in [3.63, 3.8) is 0 Å². The monoisotopic (exact) mass is 375 g/mol. The second-order valence-electron chi connectivity index (χ2n) is 6.62. The average Bonchev–Trinajstić information content (AvgIpc) is 2.66. The maximum absolute atomic E-state index is 12.7. The van der Waals surface area contributed by atoms with Gasteiger partial charge in [0, 0.05) is 25.4 Å². The van der Waals surface area contributed by atoms with E-state index < -0.39 is 11.5 Å². The van der Waals surface area contributed by atoms with E-state index in [4.69, 9.17) is 14.2 Å². The number of pyridine rings is 1. The van der Waals surface area contributed by atoms with Gasteiger partial charge in [-0.3, -0.25) is 9.59 Å². The molecule has 0 fully saturated rings. The average molecular weight is 375 g/mol. The molecule has 0 amide bonds. The fourth-order valence-corrected chi connectivity index (χ4v) is 3.02. The lowest BCUT2D eigenvalue weighted by molar-refractivity contribution is -0.132. The minimum atomic E-state index is -0.552. The summed E-state index contributed by atoms with van der Waals surface area (Å²) in [6, 6.07) is 5.38. The van der Waals surface area contributed by atoms with Crippen molar-refractivity contribution >= 4 is 16.9 Å². The highest BCUT2D eigenvalue weighted by Gasteiger charge is 2.20. The van der Waals surface area contributed by atoms with Crippen molar-refractivity contribution in [2.24, 2.45) is 7.05 Å². The number of hydrogen-bond acceptors (Lipinski definition) is 5. The molecule has 0 bridgehead atoms. The van der Waals surface area contributed by atoms with E-state index in [1.54, 1.807) is 26.3 Å². The Morgan fingerprint density at radius 1 is 1.07 bits per heavy atom. The highest BCUT2D eigenvalue weighted by Crippen LogP contribution is 2.34. The quantitative estimate of drug-likeness (QED) is 0.460. The van der Waals surface area contributed by atoms with E-state index in [1.165, 1.54) is 37.2 Å². The smallest absolute Gasteiger partial charge is 0.308 e. The number of carbonyl (C=O) groups is 1. The van der Waals surface area contributed by atoms with Crippen molar-refractivity contribution in [2.75, 3.05) is 13.7 Å². The van der Waals surface area contributed by atoms with Gasteiger partial charge in [-0.2, -0.15) is 0 Å². The van der Waals surface area contributed by atoms with Crippen molar-refractivity contribution in [1.82, 2.24) is 4.57 Å². The second-order valence-corrected chi connectivity index (χ2v) is 6.62. The van der Waals surface area contributed by atoms with Gasteiger partial charge in [0.1, 0.15) is 5.75 Å². The Labute approximate surface area is 160 Å². The lowest BCUT2D eigenvalue weighted by atomic mass is 10.1. The summed E-state index contributed by atoms with van der Waals surface area (Å²) >= 11 is 0. The molecule has 148 valence electrons. The van der Waals surface area contributed by atoms with Gasteiger partial charge in [-0.15, -0.1) is 0 Å².